The van der Waals surface area contributed by atoms with Crippen LogP contribution in [0.25, 0.3) is 11.1 Å². The van der Waals surface area contributed by atoms with Gasteiger partial charge in [0, 0.05) is 17.7 Å². The van der Waals surface area contributed by atoms with Crippen molar-refractivity contribution in [2.24, 2.45) is 0 Å². The van der Waals surface area contributed by atoms with E-state index < -0.39 is 6.04 Å². The van der Waals surface area contributed by atoms with Gasteiger partial charge >= 0.3 is 0 Å². The summed E-state index contributed by atoms with van der Waals surface area (Å²) in [6.45, 7) is 0.568. The minimum atomic E-state index is -0.496. The van der Waals surface area contributed by atoms with Crippen LogP contribution in [0.15, 0.2) is 48.5 Å². The molecule has 3 rings (SSSR count). The first-order chi connectivity index (χ1) is 10.6. The Morgan fingerprint density at radius 1 is 1.18 bits per heavy atom. The first-order valence-electron chi connectivity index (χ1n) is 7.09. The zero-order chi connectivity index (χ0) is 15.5. The maximum Gasteiger partial charge on any atom is 0.251 e. The smallest absolute Gasteiger partial charge is 0.251 e. The first kappa shape index (κ1) is 14.3. The molecule has 1 aliphatic rings. The SMILES string of the molecule is O=C(NC1CCNC1=O)c1cccc(-c2ccccc2F)c1. The first-order valence-corrected chi connectivity index (χ1v) is 7.09. The average molecular weight is 298 g/mol. The highest BCUT2D eigenvalue weighted by Gasteiger charge is 2.25. The molecule has 5 heteroatoms. The molecule has 112 valence electrons. The van der Waals surface area contributed by atoms with E-state index >= 15 is 0 Å². The van der Waals surface area contributed by atoms with Crippen molar-refractivity contribution in [1.29, 1.82) is 0 Å². The molecule has 4 nitrogen and oxygen atoms in total. The summed E-state index contributed by atoms with van der Waals surface area (Å²) >= 11 is 0. The molecule has 0 aliphatic carbocycles. The van der Waals surface area contributed by atoms with Crippen molar-refractivity contribution in [3.05, 3.63) is 59.9 Å². The van der Waals surface area contributed by atoms with Gasteiger partial charge in [0.1, 0.15) is 11.9 Å². The van der Waals surface area contributed by atoms with E-state index in [2.05, 4.69) is 10.6 Å². The lowest BCUT2D eigenvalue weighted by molar-refractivity contribution is -0.120. The van der Waals surface area contributed by atoms with Crippen molar-refractivity contribution in [2.75, 3.05) is 6.54 Å². The third-order valence-electron chi connectivity index (χ3n) is 3.66. The molecule has 2 aromatic rings. The van der Waals surface area contributed by atoms with Crippen LogP contribution in [0.2, 0.25) is 0 Å². The summed E-state index contributed by atoms with van der Waals surface area (Å²) in [5.74, 6) is -0.839. The molecule has 1 heterocycles. The third kappa shape index (κ3) is 2.83. The Balaban J connectivity index is 1.83. The molecule has 0 bridgehead atoms. The molecule has 2 amide bonds. The maximum atomic E-state index is 13.8. The third-order valence-corrected chi connectivity index (χ3v) is 3.66. The Kier molecular flexibility index (Phi) is 3.87. The molecule has 0 spiro atoms. The van der Waals surface area contributed by atoms with Crippen molar-refractivity contribution in [1.82, 2.24) is 10.6 Å². The van der Waals surface area contributed by atoms with Crippen molar-refractivity contribution in [3.63, 3.8) is 0 Å². The number of nitrogens with one attached hydrogen (secondary N) is 2. The van der Waals surface area contributed by atoms with E-state index in [9.17, 15) is 14.0 Å². The molecule has 1 aliphatic heterocycles. The molecular weight excluding hydrogens is 283 g/mol. The molecule has 2 N–H and O–H groups in total. The number of rotatable bonds is 3. The van der Waals surface area contributed by atoms with Crippen LogP contribution in [0.4, 0.5) is 4.39 Å². The number of carbonyl (C=O) groups excluding carboxylic acids is 2. The number of hydrogen-bond donors (Lipinski definition) is 2. The summed E-state index contributed by atoms with van der Waals surface area (Å²) in [6, 6.07) is 12.6. The topological polar surface area (TPSA) is 58.2 Å². The molecular formula is C17H15FN2O2. The minimum Gasteiger partial charge on any atom is -0.354 e. The van der Waals surface area contributed by atoms with Crippen molar-refractivity contribution < 1.29 is 14.0 Å². The van der Waals surface area contributed by atoms with Crippen LogP contribution < -0.4 is 10.6 Å². The summed E-state index contributed by atoms with van der Waals surface area (Å²) in [5.41, 5.74) is 1.47. The predicted octanol–water partition coefficient (Wildman–Crippen LogP) is 2.11. The van der Waals surface area contributed by atoms with Gasteiger partial charge in [0.15, 0.2) is 0 Å². The Morgan fingerprint density at radius 3 is 2.73 bits per heavy atom. The quantitative estimate of drug-likeness (QED) is 0.912. The van der Waals surface area contributed by atoms with Gasteiger partial charge < -0.3 is 10.6 Å². The van der Waals surface area contributed by atoms with Crippen molar-refractivity contribution in [2.45, 2.75) is 12.5 Å². The Bertz CT molecular complexity index is 730. The lowest BCUT2D eigenvalue weighted by Gasteiger charge is -2.11. The van der Waals surface area contributed by atoms with Gasteiger partial charge in [0.25, 0.3) is 5.91 Å². The Morgan fingerprint density at radius 2 is 2.00 bits per heavy atom. The standard InChI is InChI=1S/C17H15FN2O2/c18-14-7-2-1-6-13(14)11-4-3-5-12(10-11)16(21)20-15-8-9-19-17(15)22/h1-7,10,15H,8-9H2,(H,19,22)(H,20,21). The normalized spacial score (nSPS) is 17.1. The molecule has 2 aromatic carbocycles. The van der Waals surface area contributed by atoms with E-state index in [1.807, 2.05) is 0 Å². The van der Waals surface area contributed by atoms with Gasteiger partial charge in [-0.15, -0.1) is 0 Å². The van der Waals surface area contributed by atoms with Gasteiger partial charge in [-0.2, -0.15) is 0 Å². The van der Waals surface area contributed by atoms with Gasteiger partial charge in [0.2, 0.25) is 5.91 Å². The van der Waals surface area contributed by atoms with E-state index in [1.54, 1.807) is 42.5 Å². The highest BCUT2D eigenvalue weighted by molar-refractivity contribution is 5.98. The van der Waals surface area contributed by atoms with Crippen LogP contribution in [0.1, 0.15) is 16.8 Å². The molecule has 0 saturated carbocycles. The molecule has 1 saturated heterocycles. The van der Waals surface area contributed by atoms with Crippen molar-refractivity contribution >= 4 is 11.8 Å². The maximum absolute atomic E-state index is 13.8. The fraction of sp³-hybridized carbons (Fsp3) is 0.176. The second-order valence-electron chi connectivity index (χ2n) is 5.17. The second kappa shape index (κ2) is 5.97. The Labute approximate surface area is 127 Å². The molecule has 0 aromatic heterocycles. The molecule has 22 heavy (non-hydrogen) atoms. The van der Waals surface area contributed by atoms with E-state index in [0.29, 0.717) is 29.7 Å². The fourth-order valence-corrected chi connectivity index (χ4v) is 2.50. The summed E-state index contributed by atoms with van der Waals surface area (Å²) in [7, 11) is 0. The van der Waals surface area contributed by atoms with E-state index in [0.717, 1.165) is 0 Å². The second-order valence-corrected chi connectivity index (χ2v) is 5.17. The molecule has 1 fully saturated rings. The number of hydrogen-bond acceptors (Lipinski definition) is 2. The number of benzene rings is 2. The number of carbonyl (C=O) groups is 2. The Hall–Kier alpha value is -2.69. The van der Waals surface area contributed by atoms with Crippen LogP contribution in [0, 0.1) is 5.82 Å². The van der Waals surface area contributed by atoms with Crippen LogP contribution in [0.5, 0.6) is 0 Å². The zero-order valence-corrected chi connectivity index (χ0v) is 11.8. The van der Waals surface area contributed by atoms with Gasteiger partial charge in [-0.1, -0.05) is 30.3 Å². The fourth-order valence-electron chi connectivity index (χ4n) is 2.50. The number of halogens is 1. The summed E-state index contributed by atoms with van der Waals surface area (Å²) < 4.78 is 13.8. The molecule has 1 unspecified atom stereocenters. The van der Waals surface area contributed by atoms with E-state index in [-0.39, 0.29) is 17.6 Å². The molecule has 0 radical (unpaired) electrons. The zero-order valence-electron chi connectivity index (χ0n) is 11.8. The minimum absolute atomic E-state index is 0.168. The summed E-state index contributed by atoms with van der Waals surface area (Å²) in [5, 5.41) is 5.36. The summed E-state index contributed by atoms with van der Waals surface area (Å²) in [6.07, 6.45) is 0.581. The van der Waals surface area contributed by atoms with Gasteiger partial charge in [-0.3, -0.25) is 9.59 Å². The predicted molar refractivity (Wildman–Crippen MR) is 80.7 cm³/mol. The largest absolute Gasteiger partial charge is 0.354 e. The lowest BCUT2D eigenvalue weighted by atomic mass is 10.0. The van der Waals surface area contributed by atoms with Crippen LogP contribution in [0.3, 0.4) is 0 Å². The van der Waals surface area contributed by atoms with E-state index in [1.165, 1.54) is 6.07 Å². The van der Waals surface area contributed by atoms with Crippen LogP contribution in [-0.2, 0) is 4.79 Å². The van der Waals surface area contributed by atoms with Crippen molar-refractivity contribution in [3.8, 4) is 11.1 Å². The lowest BCUT2D eigenvalue weighted by Crippen LogP contribution is -2.40. The molecule has 1 atom stereocenters. The van der Waals surface area contributed by atoms with Crippen LogP contribution in [-0.4, -0.2) is 24.4 Å². The average Bonchev–Trinajstić information content (AvgIpc) is 2.93. The van der Waals surface area contributed by atoms with E-state index in [4.69, 9.17) is 0 Å². The van der Waals surface area contributed by atoms with Crippen LogP contribution >= 0.6 is 0 Å². The van der Waals surface area contributed by atoms with Gasteiger partial charge in [-0.05, 0) is 30.2 Å². The highest BCUT2D eigenvalue weighted by Crippen LogP contribution is 2.23. The monoisotopic (exact) mass is 298 g/mol. The number of amides is 2. The van der Waals surface area contributed by atoms with Gasteiger partial charge in [0.05, 0.1) is 0 Å². The van der Waals surface area contributed by atoms with Gasteiger partial charge in [-0.25, -0.2) is 4.39 Å². The highest BCUT2D eigenvalue weighted by atomic mass is 19.1. The summed E-state index contributed by atoms with van der Waals surface area (Å²) in [4.78, 5) is 23.7.